The fraction of sp³-hybridized carbons (Fsp3) is 0.211. The summed E-state index contributed by atoms with van der Waals surface area (Å²) in [6, 6.07) is 15.6. The van der Waals surface area contributed by atoms with E-state index in [2.05, 4.69) is 11.9 Å². The van der Waals surface area contributed by atoms with E-state index in [0.717, 1.165) is 22.7 Å². The average molecular weight is 340 g/mol. The third-order valence-electron chi connectivity index (χ3n) is 3.45. The van der Waals surface area contributed by atoms with E-state index >= 15 is 0 Å². The van der Waals surface area contributed by atoms with E-state index < -0.39 is 0 Å². The van der Waals surface area contributed by atoms with Crippen molar-refractivity contribution in [2.45, 2.75) is 13.3 Å². The molecule has 5 heteroatoms. The molecular weight excluding hydrogens is 320 g/mol. The molecule has 2 aromatic carbocycles. The summed E-state index contributed by atoms with van der Waals surface area (Å²) in [6.45, 7) is 2.98. The second kappa shape index (κ2) is 7.84. The number of para-hydroxylation sites is 1. The standard InChI is InChI=1S/C19H20N2O2S/c1-14-13-21-19(24-14)12-15-7-8-18(17(20)11-15)23-10-9-22-16-5-3-2-4-6-16/h2-8,11,13H,9-10,12,20H2,1H3. The van der Waals surface area contributed by atoms with E-state index in [9.17, 15) is 0 Å². The Balaban J connectivity index is 1.51. The Bertz CT molecular complexity index is 787. The van der Waals surface area contributed by atoms with Crippen LogP contribution in [0.25, 0.3) is 0 Å². The molecule has 0 amide bonds. The summed E-state index contributed by atoms with van der Waals surface area (Å²) in [5.41, 5.74) is 7.86. The highest BCUT2D eigenvalue weighted by Gasteiger charge is 2.05. The van der Waals surface area contributed by atoms with E-state index in [1.54, 1.807) is 11.3 Å². The van der Waals surface area contributed by atoms with Gasteiger partial charge in [-0.3, -0.25) is 0 Å². The number of nitrogens with two attached hydrogens (primary N) is 1. The van der Waals surface area contributed by atoms with Crippen molar-refractivity contribution >= 4 is 17.0 Å². The van der Waals surface area contributed by atoms with Crippen molar-refractivity contribution in [1.82, 2.24) is 4.98 Å². The summed E-state index contributed by atoms with van der Waals surface area (Å²) in [7, 11) is 0. The number of anilines is 1. The largest absolute Gasteiger partial charge is 0.490 e. The van der Waals surface area contributed by atoms with Crippen LogP contribution in [0, 0.1) is 6.92 Å². The Morgan fingerprint density at radius 2 is 1.83 bits per heavy atom. The van der Waals surface area contributed by atoms with Gasteiger partial charge in [0.05, 0.1) is 10.7 Å². The predicted molar refractivity (Wildman–Crippen MR) is 97.9 cm³/mol. The van der Waals surface area contributed by atoms with Gasteiger partial charge in [0, 0.05) is 17.5 Å². The molecule has 124 valence electrons. The first kappa shape index (κ1) is 16.3. The Morgan fingerprint density at radius 1 is 1.04 bits per heavy atom. The molecule has 1 aromatic heterocycles. The topological polar surface area (TPSA) is 57.4 Å². The zero-order valence-electron chi connectivity index (χ0n) is 13.6. The molecule has 0 saturated heterocycles. The van der Waals surface area contributed by atoms with Gasteiger partial charge in [-0.1, -0.05) is 24.3 Å². The minimum atomic E-state index is 0.449. The molecule has 0 bridgehead atoms. The Morgan fingerprint density at radius 3 is 2.54 bits per heavy atom. The monoisotopic (exact) mass is 340 g/mol. The van der Waals surface area contributed by atoms with Crippen LogP contribution in [0.15, 0.2) is 54.7 Å². The molecule has 3 rings (SSSR count). The second-order valence-electron chi connectivity index (χ2n) is 5.42. The molecule has 1 heterocycles. The van der Waals surface area contributed by atoms with Crippen molar-refractivity contribution < 1.29 is 9.47 Å². The molecule has 0 radical (unpaired) electrons. The van der Waals surface area contributed by atoms with Crippen LogP contribution in [0.2, 0.25) is 0 Å². The van der Waals surface area contributed by atoms with Gasteiger partial charge >= 0.3 is 0 Å². The molecule has 0 aliphatic heterocycles. The van der Waals surface area contributed by atoms with E-state index in [4.69, 9.17) is 15.2 Å². The lowest BCUT2D eigenvalue weighted by Crippen LogP contribution is -2.10. The van der Waals surface area contributed by atoms with Crippen molar-refractivity contribution in [2.75, 3.05) is 18.9 Å². The lowest BCUT2D eigenvalue weighted by atomic mass is 10.1. The Labute approximate surface area is 145 Å². The maximum Gasteiger partial charge on any atom is 0.142 e. The maximum atomic E-state index is 6.09. The van der Waals surface area contributed by atoms with Crippen LogP contribution in [0.4, 0.5) is 5.69 Å². The van der Waals surface area contributed by atoms with Crippen LogP contribution in [0.3, 0.4) is 0 Å². The summed E-state index contributed by atoms with van der Waals surface area (Å²) in [4.78, 5) is 5.60. The normalized spacial score (nSPS) is 10.5. The highest BCUT2D eigenvalue weighted by molar-refractivity contribution is 7.11. The first-order valence-electron chi connectivity index (χ1n) is 7.81. The van der Waals surface area contributed by atoms with Crippen molar-refractivity contribution in [1.29, 1.82) is 0 Å². The average Bonchev–Trinajstić information content (AvgIpc) is 2.99. The number of hydrogen-bond acceptors (Lipinski definition) is 5. The minimum absolute atomic E-state index is 0.449. The molecule has 0 saturated carbocycles. The first-order chi connectivity index (χ1) is 11.7. The number of ether oxygens (including phenoxy) is 2. The number of rotatable bonds is 7. The molecule has 0 fully saturated rings. The Kier molecular flexibility index (Phi) is 5.33. The summed E-state index contributed by atoms with van der Waals surface area (Å²) < 4.78 is 11.3. The number of aromatic nitrogens is 1. The van der Waals surface area contributed by atoms with Crippen LogP contribution < -0.4 is 15.2 Å². The van der Waals surface area contributed by atoms with Gasteiger partial charge in [0.15, 0.2) is 0 Å². The zero-order chi connectivity index (χ0) is 16.8. The van der Waals surface area contributed by atoms with Crippen LogP contribution in [-0.2, 0) is 6.42 Å². The van der Waals surface area contributed by atoms with Crippen LogP contribution >= 0.6 is 11.3 Å². The number of aryl methyl sites for hydroxylation is 1. The molecule has 3 aromatic rings. The number of thiazole rings is 1. The lowest BCUT2D eigenvalue weighted by Gasteiger charge is -2.11. The molecule has 0 atom stereocenters. The number of benzene rings is 2. The highest BCUT2D eigenvalue weighted by atomic mass is 32.1. The number of nitrogens with zero attached hydrogens (tertiary/aromatic N) is 1. The van der Waals surface area contributed by atoms with Gasteiger partial charge in [-0.2, -0.15) is 0 Å². The van der Waals surface area contributed by atoms with E-state index in [1.165, 1.54) is 4.88 Å². The fourth-order valence-electron chi connectivity index (χ4n) is 2.32. The van der Waals surface area contributed by atoms with Gasteiger partial charge < -0.3 is 15.2 Å². The van der Waals surface area contributed by atoms with E-state index in [-0.39, 0.29) is 0 Å². The third-order valence-corrected chi connectivity index (χ3v) is 4.36. The summed E-state index contributed by atoms with van der Waals surface area (Å²) in [6.07, 6.45) is 2.69. The summed E-state index contributed by atoms with van der Waals surface area (Å²) in [5, 5.41) is 1.09. The highest BCUT2D eigenvalue weighted by Crippen LogP contribution is 2.25. The maximum absolute atomic E-state index is 6.09. The second-order valence-corrected chi connectivity index (χ2v) is 6.74. The molecular formula is C19H20N2O2S. The van der Waals surface area contributed by atoms with Gasteiger partial charge in [-0.15, -0.1) is 11.3 Å². The molecule has 0 aliphatic carbocycles. The molecule has 4 nitrogen and oxygen atoms in total. The molecule has 0 spiro atoms. The van der Waals surface area contributed by atoms with Gasteiger partial charge in [0.25, 0.3) is 0 Å². The lowest BCUT2D eigenvalue weighted by molar-refractivity contribution is 0.218. The van der Waals surface area contributed by atoms with Crippen LogP contribution in [-0.4, -0.2) is 18.2 Å². The van der Waals surface area contributed by atoms with Gasteiger partial charge in [0.2, 0.25) is 0 Å². The third kappa shape index (κ3) is 4.49. The number of hydrogen-bond donors (Lipinski definition) is 1. The summed E-state index contributed by atoms with van der Waals surface area (Å²) in [5.74, 6) is 1.52. The van der Waals surface area contributed by atoms with E-state index in [0.29, 0.717) is 24.7 Å². The van der Waals surface area contributed by atoms with Crippen LogP contribution in [0.5, 0.6) is 11.5 Å². The van der Waals surface area contributed by atoms with Crippen molar-refractivity contribution in [3.05, 3.63) is 70.2 Å². The predicted octanol–water partition coefficient (Wildman–Crippen LogP) is 4.08. The quantitative estimate of drug-likeness (QED) is 0.520. The SMILES string of the molecule is Cc1cnc(Cc2ccc(OCCOc3ccccc3)c(N)c2)s1. The molecule has 0 aliphatic rings. The zero-order valence-corrected chi connectivity index (χ0v) is 14.4. The Hall–Kier alpha value is -2.53. The van der Waals surface area contributed by atoms with Crippen molar-refractivity contribution in [3.8, 4) is 11.5 Å². The van der Waals surface area contributed by atoms with E-state index in [1.807, 2.05) is 54.7 Å². The van der Waals surface area contributed by atoms with Crippen molar-refractivity contribution in [3.63, 3.8) is 0 Å². The molecule has 0 unspecified atom stereocenters. The fourth-order valence-corrected chi connectivity index (χ4v) is 3.15. The van der Waals surface area contributed by atoms with Gasteiger partial charge in [0.1, 0.15) is 24.7 Å². The molecule has 2 N–H and O–H groups in total. The van der Waals surface area contributed by atoms with Crippen LogP contribution in [0.1, 0.15) is 15.4 Å². The summed E-state index contributed by atoms with van der Waals surface area (Å²) >= 11 is 1.71. The first-order valence-corrected chi connectivity index (χ1v) is 8.63. The van der Waals surface area contributed by atoms with Gasteiger partial charge in [-0.25, -0.2) is 4.98 Å². The minimum Gasteiger partial charge on any atom is -0.490 e. The van der Waals surface area contributed by atoms with Gasteiger partial charge in [-0.05, 0) is 36.8 Å². The number of nitrogen functional groups attached to an aromatic ring is 1. The molecule has 24 heavy (non-hydrogen) atoms. The van der Waals surface area contributed by atoms with Crippen molar-refractivity contribution in [2.24, 2.45) is 0 Å². The smallest absolute Gasteiger partial charge is 0.142 e.